The summed E-state index contributed by atoms with van der Waals surface area (Å²) in [5.74, 6) is 0.977. The topological polar surface area (TPSA) is 64.9 Å². The predicted octanol–water partition coefficient (Wildman–Crippen LogP) is 2.05. The zero-order chi connectivity index (χ0) is 13.9. The summed E-state index contributed by atoms with van der Waals surface area (Å²) in [7, 11) is 1.91. The molecule has 1 fully saturated rings. The second-order valence-corrected chi connectivity index (χ2v) is 5.33. The van der Waals surface area contributed by atoms with Gasteiger partial charge in [-0.15, -0.1) is 0 Å². The minimum atomic E-state index is 0.0866. The van der Waals surface area contributed by atoms with Crippen molar-refractivity contribution in [2.45, 2.75) is 12.5 Å². The molecular weight excluding hydrogens is 278 g/mol. The van der Waals surface area contributed by atoms with Crippen molar-refractivity contribution >= 4 is 17.5 Å². The van der Waals surface area contributed by atoms with Crippen LogP contribution >= 0.6 is 11.6 Å². The highest BCUT2D eigenvalue weighted by atomic mass is 35.5. The van der Waals surface area contributed by atoms with Crippen molar-refractivity contribution in [1.29, 1.82) is 0 Å². The molecular formula is C13H16ClN5O. The van der Waals surface area contributed by atoms with Gasteiger partial charge in [0.15, 0.2) is 0 Å². The molecule has 1 aliphatic rings. The van der Waals surface area contributed by atoms with Crippen molar-refractivity contribution in [2.24, 2.45) is 13.0 Å². The molecule has 3 rings (SSSR count). The van der Waals surface area contributed by atoms with E-state index in [-0.39, 0.29) is 6.10 Å². The number of aromatic nitrogens is 4. The van der Waals surface area contributed by atoms with E-state index in [1.807, 2.05) is 19.4 Å². The first-order valence-electron chi connectivity index (χ1n) is 6.54. The number of hydrogen-bond donors (Lipinski definition) is 1. The van der Waals surface area contributed by atoms with E-state index in [0.717, 1.165) is 25.1 Å². The summed E-state index contributed by atoms with van der Waals surface area (Å²) >= 11 is 5.76. The molecule has 20 heavy (non-hydrogen) atoms. The SMILES string of the molecule is Cn1cc([C@@H]2OCC[C@H]2CNc2ncc(Cl)cn2)cn1. The molecule has 1 saturated heterocycles. The number of hydrogen-bond acceptors (Lipinski definition) is 5. The van der Waals surface area contributed by atoms with Crippen LogP contribution in [0.4, 0.5) is 5.95 Å². The lowest BCUT2D eigenvalue weighted by Crippen LogP contribution is -2.18. The van der Waals surface area contributed by atoms with Crippen molar-refractivity contribution in [3.8, 4) is 0 Å². The molecule has 2 aromatic rings. The van der Waals surface area contributed by atoms with Crippen LogP contribution in [0.1, 0.15) is 18.1 Å². The highest BCUT2D eigenvalue weighted by Gasteiger charge is 2.30. The van der Waals surface area contributed by atoms with Gasteiger partial charge in [0.05, 0.1) is 29.7 Å². The van der Waals surface area contributed by atoms with Crippen molar-refractivity contribution in [1.82, 2.24) is 19.7 Å². The summed E-state index contributed by atoms with van der Waals surface area (Å²) < 4.78 is 7.61. The Morgan fingerprint density at radius 2 is 2.20 bits per heavy atom. The Kier molecular flexibility index (Phi) is 3.84. The van der Waals surface area contributed by atoms with Gasteiger partial charge in [0.2, 0.25) is 5.95 Å². The first kappa shape index (κ1) is 13.3. The first-order valence-corrected chi connectivity index (χ1v) is 6.92. The summed E-state index contributed by atoms with van der Waals surface area (Å²) in [6.45, 7) is 1.54. The first-order chi connectivity index (χ1) is 9.72. The van der Waals surface area contributed by atoms with Crippen LogP contribution in [0.25, 0.3) is 0 Å². The molecule has 2 aromatic heterocycles. The number of nitrogens with one attached hydrogen (secondary N) is 1. The third-order valence-electron chi connectivity index (χ3n) is 3.41. The molecule has 0 unspecified atom stereocenters. The van der Waals surface area contributed by atoms with Gasteiger partial charge in [-0.25, -0.2) is 9.97 Å². The summed E-state index contributed by atoms with van der Waals surface area (Å²) in [6.07, 6.45) is 8.13. The third kappa shape index (κ3) is 2.91. The van der Waals surface area contributed by atoms with Crippen LogP contribution in [0, 0.1) is 5.92 Å². The van der Waals surface area contributed by atoms with Gasteiger partial charge in [-0.3, -0.25) is 4.68 Å². The molecule has 0 saturated carbocycles. The summed E-state index contributed by atoms with van der Waals surface area (Å²) in [6, 6.07) is 0. The smallest absolute Gasteiger partial charge is 0.222 e. The van der Waals surface area contributed by atoms with E-state index in [1.165, 1.54) is 0 Å². The Morgan fingerprint density at radius 3 is 2.90 bits per heavy atom. The largest absolute Gasteiger partial charge is 0.373 e. The van der Waals surface area contributed by atoms with Gasteiger partial charge in [0, 0.05) is 37.9 Å². The highest BCUT2D eigenvalue weighted by Crippen LogP contribution is 2.34. The van der Waals surface area contributed by atoms with Gasteiger partial charge >= 0.3 is 0 Å². The van der Waals surface area contributed by atoms with Crippen LogP contribution in [0.15, 0.2) is 24.8 Å². The van der Waals surface area contributed by atoms with Crippen LogP contribution in [0.3, 0.4) is 0 Å². The van der Waals surface area contributed by atoms with Crippen LogP contribution in [-0.4, -0.2) is 32.9 Å². The molecule has 0 aliphatic carbocycles. The number of halogens is 1. The van der Waals surface area contributed by atoms with Crippen LogP contribution in [0.5, 0.6) is 0 Å². The van der Waals surface area contributed by atoms with Crippen molar-refractivity contribution < 1.29 is 4.74 Å². The molecule has 0 amide bonds. The zero-order valence-electron chi connectivity index (χ0n) is 11.2. The molecule has 0 aromatic carbocycles. The van der Waals surface area contributed by atoms with Crippen molar-refractivity contribution in [3.63, 3.8) is 0 Å². The summed E-state index contributed by atoms with van der Waals surface area (Å²) in [5.41, 5.74) is 1.12. The summed E-state index contributed by atoms with van der Waals surface area (Å²) in [5, 5.41) is 7.97. The number of rotatable bonds is 4. The normalized spacial score (nSPS) is 22.1. The molecule has 2 atom stereocenters. The van der Waals surface area contributed by atoms with E-state index in [4.69, 9.17) is 16.3 Å². The van der Waals surface area contributed by atoms with E-state index in [0.29, 0.717) is 16.9 Å². The van der Waals surface area contributed by atoms with Gasteiger partial charge in [0.25, 0.3) is 0 Å². The molecule has 7 heteroatoms. The average Bonchev–Trinajstić information content (AvgIpc) is 3.06. The number of aryl methyl sites for hydroxylation is 1. The van der Waals surface area contributed by atoms with Crippen molar-refractivity contribution in [3.05, 3.63) is 35.4 Å². The van der Waals surface area contributed by atoms with E-state index in [1.54, 1.807) is 17.1 Å². The summed E-state index contributed by atoms with van der Waals surface area (Å²) in [4.78, 5) is 8.26. The number of anilines is 1. The molecule has 1 aliphatic heterocycles. The third-order valence-corrected chi connectivity index (χ3v) is 3.61. The van der Waals surface area contributed by atoms with Gasteiger partial charge in [0.1, 0.15) is 0 Å². The maximum absolute atomic E-state index is 5.82. The maximum atomic E-state index is 5.82. The molecule has 0 radical (unpaired) electrons. The molecule has 0 bridgehead atoms. The Balaban J connectivity index is 1.63. The lowest BCUT2D eigenvalue weighted by Gasteiger charge is -2.17. The maximum Gasteiger partial charge on any atom is 0.222 e. The van der Waals surface area contributed by atoms with Gasteiger partial charge < -0.3 is 10.1 Å². The molecule has 6 nitrogen and oxygen atoms in total. The Labute approximate surface area is 122 Å². The Morgan fingerprint density at radius 1 is 1.40 bits per heavy atom. The minimum Gasteiger partial charge on any atom is -0.373 e. The standard InChI is InChI=1S/C13H16ClN5O/c1-19-8-10(5-18-19)12-9(2-3-20-12)4-15-13-16-6-11(14)7-17-13/h5-9,12H,2-4H2,1H3,(H,15,16,17)/t9-,12+/m0/s1. The zero-order valence-corrected chi connectivity index (χ0v) is 11.9. The van der Waals surface area contributed by atoms with E-state index < -0.39 is 0 Å². The lowest BCUT2D eigenvalue weighted by molar-refractivity contribution is 0.0932. The van der Waals surface area contributed by atoms with E-state index >= 15 is 0 Å². The van der Waals surface area contributed by atoms with Crippen molar-refractivity contribution in [2.75, 3.05) is 18.5 Å². The van der Waals surface area contributed by atoms with Gasteiger partial charge in [-0.1, -0.05) is 11.6 Å². The van der Waals surface area contributed by atoms with Crippen LogP contribution < -0.4 is 5.32 Å². The van der Waals surface area contributed by atoms with Crippen LogP contribution in [0.2, 0.25) is 5.02 Å². The second kappa shape index (κ2) is 5.76. The predicted molar refractivity (Wildman–Crippen MR) is 75.5 cm³/mol. The van der Waals surface area contributed by atoms with E-state index in [2.05, 4.69) is 20.4 Å². The molecule has 3 heterocycles. The molecule has 1 N–H and O–H groups in total. The fourth-order valence-corrected chi connectivity index (χ4v) is 2.52. The number of ether oxygens (including phenoxy) is 1. The second-order valence-electron chi connectivity index (χ2n) is 4.89. The fourth-order valence-electron chi connectivity index (χ4n) is 2.42. The quantitative estimate of drug-likeness (QED) is 0.935. The molecule has 106 valence electrons. The Hall–Kier alpha value is -1.66. The molecule has 0 spiro atoms. The lowest BCUT2D eigenvalue weighted by atomic mass is 9.97. The van der Waals surface area contributed by atoms with Gasteiger partial charge in [-0.2, -0.15) is 5.10 Å². The fraction of sp³-hybridized carbons (Fsp3) is 0.462. The monoisotopic (exact) mass is 293 g/mol. The highest BCUT2D eigenvalue weighted by molar-refractivity contribution is 6.30. The van der Waals surface area contributed by atoms with Gasteiger partial charge in [-0.05, 0) is 6.42 Å². The minimum absolute atomic E-state index is 0.0866. The van der Waals surface area contributed by atoms with E-state index in [9.17, 15) is 0 Å². The average molecular weight is 294 g/mol. The Bertz CT molecular complexity index is 570. The number of nitrogens with zero attached hydrogens (tertiary/aromatic N) is 4. The van der Waals surface area contributed by atoms with Crippen LogP contribution in [-0.2, 0) is 11.8 Å².